The standard InChI is InChI=1S/C15H29N3O2/c1-4-9-17-11-15(20)18(12-14(17)19)10-7-8-13(5-2)16-6-3/h13,16H,4-12H2,1-3H3. The van der Waals surface area contributed by atoms with E-state index in [0.717, 1.165) is 32.2 Å². The Bertz CT molecular complexity index is 320. The summed E-state index contributed by atoms with van der Waals surface area (Å²) >= 11 is 0. The Morgan fingerprint density at radius 2 is 1.65 bits per heavy atom. The summed E-state index contributed by atoms with van der Waals surface area (Å²) in [7, 11) is 0. The molecule has 1 atom stereocenters. The van der Waals surface area contributed by atoms with Gasteiger partial charge >= 0.3 is 0 Å². The average molecular weight is 283 g/mol. The lowest BCUT2D eigenvalue weighted by molar-refractivity contribution is -0.150. The van der Waals surface area contributed by atoms with Gasteiger partial charge in [-0.1, -0.05) is 20.8 Å². The summed E-state index contributed by atoms with van der Waals surface area (Å²) in [6.07, 6.45) is 4.02. The van der Waals surface area contributed by atoms with E-state index in [-0.39, 0.29) is 24.9 Å². The van der Waals surface area contributed by atoms with Crippen molar-refractivity contribution in [3.63, 3.8) is 0 Å². The van der Waals surface area contributed by atoms with Crippen LogP contribution < -0.4 is 5.32 Å². The van der Waals surface area contributed by atoms with Crippen molar-refractivity contribution in [1.29, 1.82) is 0 Å². The maximum absolute atomic E-state index is 12.0. The van der Waals surface area contributed by atoms with Crippen LogP contribution in [0.2, 0.25) is 0 Å². The van der Waals surface area contributed by atoms with Crippen molar-refractivity contribution in [2.45, 2.75) is 52.5 Å². The second kappa shape index (κ2) is 8.95. The van der Waals surface area contributed by atoms with E-state index in [1.165, 1.54) is 0 Å². The summed E-state index contributed by atoms with van der Waals surface area (Å²) in [5.41, 5.74) is 0. The molecule has 0 spiro atoms. The van der Waals surface area contributed by atoms with E-state index in [0.29, 0.717) is 19.1 Å². The van der Waals surface area contributed by atoms with Gasteiger partial charge in [-0.2, -0.15) is 0 Å². The van der Waals surface area contributed by atoms with Gasteiger partial charge in [0, 0.05) is 19.1 Å². The first-order valence-electron chi connectivity index (χ1n) is 7.91. The number of piperazine rings is 1. The Morgan fingerprint density at radius 3 is 2.15 bits per heavy atom. The van der Waals surface area contributed by atoms with Gasteiger partial charge in [-0.25, -0.2) is 0 Å². The Morgan fingerprint density at radius 1 is 1.05 bits per heavy atom. The Balaban J connectivity index is 2.34. The monoisotopic (exact) mass is 283 g/mol. The van der Waals surface area contributed by atoms with Gasteiger partial charge in [-0.15, -0.1) is 0 Å². The molecule has 0 aromatic carbocycles. The maximum Gasteiger partial charge on any atom is 0.242 e. The number of nitrogens with zero attached hydrogens (tertiary/aromatic N) is 2. The molecule has 0 saturated carbocycles. The van der Waals surface area contributed by atoms with Crippen LogP contribution >= 0.6 is 0 Å². The molecule has 1 fully saturated rings. The molecule has 0 aromatic rings. The number of carbonyl (C=O) groups is 2. The van der Waals surface area contributed by atoms with Crippen LogP contribution in [0.25, 0.3) is 0 Å². The lowest BCUT2D eigenvalue weighted by atomic mass is 10.1. The fraction of sp³-hybridized carbons (Fsp3) is 0.867. The van der Waals surface area contributed by atoms with Crippen molar-refractivity contribution in [2.24, 2.45) is 0 Å². The summed E-state index contributed by atoms with van der Waals surface area (Å²) < 4.78 is 0. The molecule has 1 rings (SSSR count). The second-order valence-electron chi connectivity index (χ2n) is 5.44. The highest BCUT2D eigenvalue weighted by Crippen LogP contribution is 2.09. The quantitative estimate of drug-likeness (QED) is 0.692. The second-order valence-corrected chi connectivity index (χ2v) is 5.44. The van der Waals surface area contributed by atoms with Gasteiger partial charge in [-0.3, -0.25) is 9.59 Å². The van der Waals surface area contributed by atoms with Gasteiger partial charge < -0.3 is 15.1 Å². The number of hydrogen-bond acceptors (Lipinski definition) is 3. The summed E-state index contributed by atoms with van der Waals surface area (Å²) in [5.74, 6) is 0.180. The van der Waals surface area contributed by atoms with Crippen molar-refractivity contribution < 1.29 is 9.59 Å². The van der Waals surface area contributed by atoms with Crippen LogP contribution in [-0.2, 0) is 9.59 Å². The zero-order valence-corrected chi connectivity index (χ0v) is 13.2. The number of hydrogen-bond donors (Lipinski definition) is 1. The van der Waals surface area contributed by atoms with E-state index in [1.54, 1.807) is 9.80 Å². The molecular formula is C15H29N3O2. The predicted molar refractivity (Wildman–Crippen MR) is 80.4 cm³/mol. The minimum Gasteiger partial charge on any atom is -0.332 e. The van der Waals surface area contributed by atoms with Crippen molar-refractivity contribution >= 4 is 11.8 Å². The van der Waals surface area contributed by atoms with Crippen LogP contribution in [0.1, 0.15) is 46.5 Å². The highest BCUT2D eigenvalue weighted by molar-refractivity contribution is 5.92. The van der Waals surface area contributed by atoms with Crippen LogP contribution in [0.5, 0.6) is 0 Å². The minimum atomic E-state index is 0.0881. The van der Waals surface area contributed by atoms with Crippen LogP contribution in [0.15, 0.2) is 0 Å². The van der Waals surface area contributed by atoms with Crippen LogP contribution in [0, 0.1) is 0 Å². The largest absolute Gasteiger partial charge is 0.332 e. The number of nitrogens with one attached hydrogen (secondary N) is 1. The molecule has 1 aliphatic rings. The number of carbonyl (C=O) groups excluding carboxylic acids is 2. The number of amides is 2. The van der Waals surface area contributed by atoms with E-state index < -0.39 is 0 Å². The van der Waals surface area contributed by atoms with E-state index in [2.05, 4.69) is 19.2 Å². The highest BCUT2D eigenvalue weighted by Gasteiger charge is 2.28. The summed E-state index contributed by atoms with van der Waals surface area (Å²) in [6, 6.07) is 0.521. The van der Waals surface area contributed by atoms with Crippen LogP contribution in [0.4, 0.5) is 0 Å². The summed E-state index contributed by atoms with van der Waals surface area (Å²) in [4.78, 5) is 27.3. The van der Waals surface area contributed by atoms with E-state index >= 15 is 0 Å². The maximum atomic E-state index is 12.0. The highest BCUT2D eigenvalue weighted by atomic mass is 16.2. The van der Waals surface area contributed by atoms with E-state index in [9.17, 15) is 9.59 Å². The molecule has 0 bridgehead atoms. The lowest BCUT2D eigenvalue weighted by Crippen LogP contribution is -2.54. The molecule has 1 N–H and O–H groups in total. The fourth-order valence-corrected chi connectivity index (χ4v) is 2.65. The van der Waals surface area contributed by atoms with Gasteiger partial charge in [-0.05, 0) is 32.2 Å². The SMILES string of the molecule is CCCN1CC(=O)N(CCCC(CC)NCC)CC1=O. The van der Waals surface area contributed by atoms with Gasteiger partial charge in [0.15, 0.2) is 0 Å². The average Bonchev–Trinajstić information content (AvgIpc) is 2.43. The predicted octanol–water partition coefficient (Wildman–Crippen LogP) is 1.24. The van der Waals surface area contributed by atoms with Crippen LogP contribution in [-0.4, -0.2) is 60.4 Å². The zero-order chi connectivity index (χ0) is 15.0. The molecule has 0 aromatic heterocycles. The molecule has 2 amide bonds. The third-order valence-electron chi connectivity index (χ3n) is 3.82. The van der Waals surface area contributed by atoms with Crippen molar-refractivity contribution in [2.75, 3.05) is 32.7 Å². The smallest absolute Gasteiger partial charge is 0.242 e. The fourth-order valence-electron chi connectivity index (χ4n) is 2.65. The van der Waals surface area contributed by atoms with Gasteiger partial charge in [0.2, 0.25) is 11.8 Å². The molecule has 0 aliphatic carbocycles. The van der Waals surface area contributed by atoms with Crippen molar-refractivity contribution in [1.82, 2.24) is 15.1 Å². The molecule has 1 heterocycles. The summed E-state index contributed by atoms with van der Waals surface area (Å²) in [5, 5.41) is 3.44. The third kappa shape index (κ3) is 5.12. The third-order valence-corrected chi connectivity index (χ3v) is 3.82. The molecule has 5 nitrogen and oxygen atoms in total. The molecule has 1 unspecified atom stereocenters. The van der Waals surface area contributed by atoms with Gasteiger partial charge in [0.05, 0.1) is 13.1 Å². The first kappa shape index (κ1) is 17.0. The Kier molecular flexibility index (Phi) is 7.59. The first-order chi connectivity index (χ1) is 9.62. The number of rotatable bonds is 9. The molecule has 1 saturated heterocycles. The van der Waals surface area contributed by atoms with Gasteiger partial charge in [0.1, 0.15) is 0 Å². The van der Waals surface area contributed by atoms with Crippen LogP contribution in [0.3, 0.4) is 0 Å². The molecule has 1 aliphatic heterocycles. The van der Waals surface area contributed by atoms with Gasteiger partial charge in [0.25, 0.3) is 0 Å². The Labute approximate surface area is 122 Å². The first-order valence-corrected chi connectivity index (χ1v) is 7.91. The molecular weight excluding hydrogens is 254 g/mol. The lowest BCUT2D eigenvalue weighted by Gasteiger charge is -2.34. The molecule has 0 radical (unpaired) electrons. The molecule has 5 heteroatoms. The topological polar surface area (TPSA) is 52.7 Å². The normalized spacial score (nSPS) is 17.8. The van der Waals surface area contributed by atoms with Crippen molar-refractivity contribution in [3.05, 3.63) is 0 Å². The molecule has 20 heavy (non-hydrogen) atoms. The zero-order valence-electron chi connectivity index (χ0n) is 13.2. The summed E-state index contributed by atoms with van der Waals surface area (Å²) in [6.45, 7) is 9.20. The van der Waals surface area contributed by atoms with Crippen molar-refractivity contribution in [3.8, 4) is 0 Å². The minimum absolute atomic E-state index is 0.0881. The van der Waals surface area contributed by atoms with E-state index in [1.807, 2.05) is 6.92 Å². The Hall–Kier alpha value is -1.10. The van der Waals surface area contributed by atoms with E-state index in [4.69, 9.17) is 0 Å². The molecule has 116 valence electrons.